The molecule has 0 saturated carbocycles. The fourth-order valence-electron chi connectivity index (χ4n) is 1.30. The summed E-state index contributed by atoms with van der Waals surface area (Å²) in [4.78, 5) is 6.12. The molecular weight excluding hydrogens is 256 g/mol. The molecule has 1 aromatic rings. The molecule has 1 aromatic heterocycles. The van der Waals surface area contributed by atoms with Gasteiger partial charge < -0.3 is 5.73 Å². The van der Waals surface area contributed by atoms with Crippen LogP contribution in [-0.2, 0) is 12.2 Å². The monoisotopic (exact) mass is 274 g/mol. The number of aryl methyl sites for hydroxylation is 1. The Balaban J connectivity index is 2.79. The third kappa shape index (κ3) is 4.03. The van der Waals surface area contributed by atoms with Crippen molar-refractivity contribution in [2.75, 3.05) is 0 Å². The summed E-state index contributed by atoms with van der Waals surface area (Å²) in [6, 6.07) is 0. The van der Waals surface area contributed by atoms with Crippen molar-refractivity contribution in [3.8, 4) is 0 Å². The van der Waals surface area contributed by atoms with Crippen LogP contribution < -0.4 is 5.73 Å². The predicted octanol–water partition coefficient (Wildman–Crippen LogP) is 3.37. The Hall–Kier alpha value is -0.130. The molecule has 5 heteroatoms. The molecular formula is C11H18N2S3. The highest BCUT2D eigenvalue weighted by Crippen LogP contribution is 2.25. The third-order valence-electron chi connectivity index (χ3n) is 1.99. The van der Waals surface area contributed by atoms with Gasteiger partial charge in [-0.05, 0) is 11.7 Å². The summed E-state index contributed by atoms with van der Waals surface area (Å²) in [5, 5.41) is 1.77. The molecule has 1 rings (SSSR count). The molecule has 2 N–H and O–H groups in total. The molecule has 0 aliphatic heterocycles. The zero-order valence-corrected chi connectivity index (χ0v) is 12.4. The Bertz CT molecular complexity index is 358. The summed E-state index contributed by atoms with van der Waals surface area (Å²) in [6.45, 7) is 6.53. The van der Waals surface area contributed by atoms with Crippen molar-refractivity contribution in [2.45, 2.75) is 44.6 Å². The lowest BCUT2D eigenvalue weighted by atomic mass is 10.2. The van der Waals surface area contributed by atoms with E-state index in [0.29, 0.717) is 10.2 Å². The fourth-order valence-corrected chi connectivity index (χ4v) is 3.28. The van der Waals surface area contributed by atoms with E-state index in [1.54, 1.807) is 11.3 Å². The van der Waals surface area contributed by atoms with Crippen molar-refractivity contribution < 1.29 is 0 Å². The fraction of sp³-hybridized carbons (Fsp3) is 0.636. The van der Waals surface area contributed by atoms with E-state index < -0.39 is 0 Å². The molecule has 0 unspecified atom stereocenters. The Morgan fingerprint density at radius 2 is 2.25 bits per heavy atom. The van der Waals surface area contributed by atoms with Gasteiger partial charge in [0, 0.05) is 5.75 Å². The molecule has 0 spiro atoms. The third-order valence-corrected chi connectivity index (χ3v) is 4.75. The molecule has 0 amide bonds. The van der Waals surface area contributed by atoms with Gasteiger partial charge in [-0.2, -0.15) is 11.8 Å². The van der Waals surface area contributed by atoms with Crippen LogP contribution in [0, 0.1) is 0 Å². The molecule has 0 fully saturated rings. The van der Waals surface area contributed by atoms with Crippen LogP contribution in [0.3, 0.4) is 0 Å². The molecule has 90 valence electrons. The van der Waals surface area contributed by atoms with Gasteiger partial charge in [0.15, 0.2) is 0 Å². The maximum absolute atomic E-state index is 5.71. The Labute approximate surface area is 111 Å². The average Bonchev–Trinajstić information content (AvgIpc) is 2.59. The van der Waals surface area contributed by atoms with E-state index in [2.05, 4.69) is 25.8 Å². The van der Waals surface area contributed by atoms with Gasteiger partial charge in [0.2, 0.25) is 0 Å². The lowest BCUT2D eigenvalue weighted by Crippen LogP contribution is -2.09. The van der Waals surface area contributed by atoms with Gasteiger partial charge in [-0.25, -0.2) is 4.98 Å². The second-order valence-electron chi connectivity index (χ2n) is 3.86. The van der Waals surface area contributed by atoms with Gasteiger partial charge >= 0.3 is 0 Å². The lowest BCUT2D eigenvalue weighted by molar-refractivity contribution is 0.885. The van der Waals surface area contributed by atoms with Gasteiger partial charge in [-0.3, -0.25) is 0 Å². The first-order chi connectivity index (χ1) is 7.54. The van der Waals surface area contributed by atoms with E-state index in [-0.39, 0.29) is 0 Å². The number of hydrogen-bond donors (Lipinski definition) is 1. The SMILES string of the molecule is CCCc1nc(CSC(C)C)sc1C(N)=S. The standard InChI is InChI=1S/C11H18N2S3/c1-4-5-8-10(11(12)14)16-9(13-8)6-15-7(2)3/h7H,4-6H2,1-3H3,(H2,12,14). The van der Waals surface area contributed by atoms with E-state index in [9.17, 15) is 0 Å². The quantitative estimate of drug-likeness (QED) is 0.807. The number of thioether (sulfide) groups is 1. The number of nitrogens with zero attached hydrogens (tertiary/aromatic N) is 1. The van der Waals surface area contributed by atoms with Crippen LogP contribution >= 0.6 is 35.3 Å². The average molecular weight is 274 g/mol. The largest absolute Gasteiger partial charge is 0.389 e. The van der Waals surface area contributed by atoms with E-state index in [1.807, 2.05) is 11.8 Å². The maximum Gasteiger partial charge on any atom is 0.116 e. The van der Waals surface area contributed by atoms with Gasteiger partial charge in [0.05, 0.1) is 10.6 Å². The summed E-state index contributed by atoms with van der Waals surface area (Å²) in [5.41, 5.74) is 6.79. The molecule has 1 heterocycles. The first kappa shape index (κ1) is 13.9. The highest BCUT2D eigenvalue weighted by Gasteiger charge is 2.12. The van der Waals surface area contributed by atoms with Gasteiger partial charge in [0.1, 0.15) is 10.00 Å². The van der Waals surface area contributed by atoms with Crippen LogP contribution in [0.5, 0.6) is 0 Å². The molecule has 2 nitrogen and oxygen atoms in total. The summed E-state index contributed by atoms with van der Waals surface area (Å²) >= 11 is 8.61. The van der Waals surface area contributed by atoms with Crippen LogP contribution in [0.2, 0.25) is 0 Å². The van der Waals surface area contributed by atoms with Crippen molar-refractivity contribution in [1.82, 2.24) is 4.98 Å². The van der Waals surface area contributed by atoms with E-state index >= 15 is 0 Å². The van der Waals surface area contributed by atoms with Gasteiger partial charge in [0.25, 0.3) is 0 Å². The van der Waals surface area contributed by atoms with E-state index in [1.165, 1.54) is 0 Å². The number of hydrogen-bond acceptors (Lipinski definition) is 4. The smallest absolute Gasteiger partial charge is 0.116 e. The number of rotatable bonds is 6. The number of thiazole rings is 1. The second kappa shape index (κ2) is 6.57. The predicted molar refractivity (Wildman–Crippen MR) is 78.4 cm³/mol. The molecule has 16 heavy (non-hydrogen) atoms. The minimum Gasteiger partial charge on any atom is -0.389 e. The van der Waals surface area contributed by atoms with E-state index in [4.69, 9.17) is 18.0 Å². The van der Waals surface area contributed by atoms with Crippen LogP contribution in [0.4, 0.5) is 0 Å². The summed E-state index contributed by atoms with van der Waals surface area (Å²) in [6.07, 6.45) is 2.05. The summed E-state index contributed by atoms with van der Waals surface area (Å²) in [5.74, 6) is 0.960. The molecule has 0 bridgehead atoms. The molecule has 0 radical (unpaired) electrons. The van der Waals surface area contributed by atoms with Crippen molar-refractivity contribution in [3.05, 3.63) is 15.6 Å². The van der Waals surface area contributed by atoms with Gasteiger partial charge in [-0.15, -0.1) is 11.3 Å². The minimum absolute atomic E-state index is 0.488. The molecule has 0 saturated heterocycles. The van der Waals surface area contributed by atoms with Gasteiger partial charge in [-0.1, -0.05) is 39.4 Å². The lowest BCUT2D eigenvalue weighted by Gasteiger charge is -2.00. The van der Waals surface area contributed by atoms with Crippen LogP contribution in [0.25, 0.3) is 0 Å². The van der Waals surface area contributed by atoms with Crippen LogP contribution in [-0.4, -0.2) is 15.2 Å². The maximum atomic E-state index is 5.71. The second-order valence-corrected chi connectivity index (χ2v) is 6.95. The molecule has 0 aromatic carbocycles. The van der Waals surface area contributed by atoms with Crippen molar-refractivity contribution >= 4 is 40.3 Å². The highest BCUT2D eigenvalue weighted by molar-refractivity contribution is 7.99. The Morgan fingerprint density at radius 3 is 2.75 bits per heavy atom. The molecule has 0 aliphatic carbocycles. The highest BCUT2D eigenvalue weighted by atomic mass is 32.2. The number of thiocarbonyl (C=S) groups is 1. The van der Waals surface area contributed by atoms with Crippen LogP contribution in [0.15, 0.2) is 0 Å². The first-order valence-corrected chi connectivity index (χ1v) is 7.72. The Kier molecular flexibility index (Phi) is 5.72. The van der Waals surface area contributed by atoms with Crippen molar-refractivity contribution in [2.24, 2.45) is 5.73 Å². The summed E-state index contributed by atoms with van der Waals surface area (Å²) < 4.78 is 0. The van der Waals surface area contributed by atoms with Crippen LogP contribution in [0.1, 0.15) is 42.8 Å². The topological polar surface area (TPSA) is 38.9 Å². The number of nitrogens with two attached hydrogens (primary N) is 1. The first-order valence-electron chi connectivity index (χ1n) is 5.44. The van der Waals surface area contributed by atoms with E-state index in [0.717, 1.165) is 34.2 Å². The van der Waals surface area contributed by atoms with Crippen molar-refractivity contribution in [1.29, 1.82) is 0 Å². The Morgan fingerprint density at radius 1 is 1.56 bits per heavy atom. The zero-order valence-electron chi connectivity index (χ0n) is 9.95. The summed E-state index contributed by atoms with van der Waals surface area (Å²) in [7, 11) is 0. The number of aromatic nitrogens is 1. The minimum atomic E-state index is 0.488. The molecule has 0 aliphatic rings. The zero-order chi connectivity index (χ0) is 12.1. The molecule has 0 atom stereocenters. The normalized spacial score (nSPS) is 11.0. The van der Waals surface area contributed by atoms with Crippen molar-refractivity contribution in [3.63, 3.8) is 0 Å².